The summed E-state index contributed by atoms with van der Waals surface area (Å²) in [6.07, 6.45) is 1.99. The van der Waals surface area contributed by atoms with Crippen molar-refractivity contribution in [2.45, 2.75) is 26.4 Å². The van der Waals surface area contributed by atoms with E-state index in [-0.39, 0.29) is 22.9 Å². The number of Topliss-reactive ketones (excluding diaryl/α,β-unsaturated/α-hetero) is 1. The monoisotopic (exact) mass is 414 g/mol. The topological polar surface area (TPSA) is 87.6 Å². The highest BCUT2D eigenvalue weighted by Gasteiger charge is 2.42. The summed E-state index contributed by atoms with van der Waals surface area (Å²) in [5, 5.41) is 0.412. The standard InChI is InChI=1S/C21H19ClN2O5/c1-11-6-7-13(19-23-9-14(22)10-24-19)8-15(11)16-17(28-20(26)27-5)12(2)29-21(3,4)18(16)25/h6-10H,2H2,1,3-5H3. The third kappa shape index (κ3) is 4.00. The van der Waals surface area contributed by atoms with Crippen molar-refractivity contribution in [3.8, 4) is 11.4 Å². The van der Waals surface area contributed by atoms with Crippen LogP contribution in [-0.4, -0.2) is 34.6 Å². The molecule has 0 bridgehead atoms. The number of methoxy groups -OCH3 is 1. The molecule has 0 fully saturated rings. The van der Waals surface area contributed by atoms with Crippen molar-refractivity contribution < 1.29 is 23.8 Å². The Labute approximate surface area is 173 Å². The molecule has 0 amide bonds. The molecular weight excluding hydrogens is 396 g/mol. The van der Waals surface area contributed by atoms with Gasteiger partial charge in [0.2, 0.25) is 5.78 Å². The molecule has 2 heterocycles. The number of halogens is 1. The normalized spacial score (nSPS) is 15.8. The average Bonchev–Trinajstić information content (AvgIpc) is 2.67. The minimum absolute atomic E-state index is 0.0579. The summed E-state index contributed by atoms with van der Waals surface area (Å²) in [5.74, 6) is 0.0476. The quantitative estimate of drug-likeness (QED) is 0.683. The molecule has 150 valence electrons. The highest BCUT2D eigenvalue weighted by atomic mass is 35.5. The van der Waals surface area contributed by atoms with Crippen LogP contribution in [0.5, 0.6) is 0 Å². The van der Waals surface area contributed by atoms with Gasteiger partial charge in [0.25, 0.3) is 0 Å². The fourth-order valence-corrected chi connectivity index (χ4v) is 3.01. The van der Waals surface area contributed by atoms with Gasteiger partial charge in [-0.05, 0) is 38.0 Å². The first-order valence-corrected chi connectivity index (χ1v) is 9.04. The zero-order valence-electron chi connectivity index (χ0n) is 16.4. The van der Waals surface area contributed by atoms with Crippen molar-refractivity contribution in [3.05, 3.63) is 64.8 Å². The van der Waals surface area contributed by atoms with Crippen molar-refractivity contribution in [1.29, 1.82) is 0 Å². The molecule has 0 radical (unpaired) electrons. The second-order valence-corrected chi connectivity index (χ2v) is 7.32. The van der Waals surface area contributed by atoms with Gasteiger partial charge in [-0.1, -0.05) is 30.3 Å². The summed E-state index contributed by atoms with van der Waals surface area (Å²) in [7, 11) is 1.17. The molecule has 8 heteroatoms. The average molecular weight is 415 g/mol. The van der Waals surface area contributed by atoms with Crippen LogP contribution < -0.4 is 0 Å². The third-order valence-corrected chi connectivity index (χ3v) is 4.57. The molecule has 0 N–H and O–H groups in total. The first-order chi connectivity index (χ1) is 13.6. The van der Waals surface area contributed by atoms with Gasteiger partial charge < -0.3 is 14.2 Å². The maximum absolute atomic E-state index is 13.2. The zero-order chi connectivity index (χ0) is 21.3. The lowest BCUT2D eigenvalue weighted by Gasteiger charge is -2.33. The third-order valence-electron chi connectivity index (χ3n) is 4.37. The van der Waals surface area contributed by atoms with Gasteiger partial charge in [-0.3, -0.25) is 4.79 Å². The SMILES string of the molecule is C=C1OC(C)(C)C(=O)C(c2cc(-c3ncc(Cl)cn3)ccc2C)=C1OC(=O)OC. The fourth-order valence-electron chi connectivity index (χ4n) is 2.91. The summed E-state index contributed by atoms with van der Waals surface area (Å²) in [6.45, 7) is 8.88. The van der Waals surface area contributed by atoms with Crippen LogP contribution in [0.2, 0.25) is 5.02 Å². The highest BCUT2D eigenvalue weighted by Crippen LogP contribution is 2.39. The second kappa shape index (κ2) is 7.67. The number of carbonyl (C=O) groups is 2. The molecule has 3 rings (SSSR count). The van der Waals surface area contributed by atoms with Gasteiger partial charge in [0.1, 0.15) is 0 Å². The van der Waals surface area contributed by atoms with Gasteiger partial charge in [0, 0.05) is 18.0 Å². The minimum Gasteiger partial charge on any atom is -0.476 e. The van der Waals surface area contributed by atoms with Crippen LogP contribution in [0.3, 0.4) is 0 Å². The lowest BCUT2D eigenvalue weighted by atomic mass is 9.85. The van der Waals surface area contributed by atoms with E-state index < -0.39 is 11.8 Å². The van der Waals surface area contributed by atoms with Crippen LogP contribution in [0.25, 0.3) is 17.0 Å². The van der Waals surface area contributed by atoms with Crippen molar-refractivity contribution in [1.82, 2.24) is 9.97 Å². The van der Waals surface area contributed by atoms with E-state index in [4.69, 9.17) is 21.1 Å². The molecule has 29 heavy (non-hydrogen) atoms. The molecule has 0 atom stereocenters. The van der Waals surface area contributed by atoms with E-state index >= 15 is 0 Å². The second-order valence-electron chi connectivity index (χ2n) is 6.88. The maximum Gasteiger partial charge on any atom is 0.513 e. The number of benzene rings is 1. The van der Waals surface area contributed by atoms with Crippen LogP contribution >= 0.6 is 11.6 Å². The maximum atomic E-state index is 13.2. The lowest BCUT2D eigenvalue weighted by molar-refractivity contribution is -0.131. The molecule has 1 aliphatic heterocycles. The van der Waals surface area contributed by atoms with E-state index in [0.29, 0.717) is 22.0 Å². The molecule has 7 nitrogen and oxygen atoms in total. The molecule has 1 aromatic carbocycles. The number of aryl methyl sites for hydroxylation is 1. The number of ether oxygens (including phenoxy) is 3. The van der Waals surface area contributed by atoms with Gasteiger partial charge in [-0.25, -0.2) is 14.8 Å². The van der Waals surface area contributed by atoms with Crippen LogP contribution in [-0.2, 0) is 19.0 Å². The van der Waals surface area contributed by atoms with E-state index in [1.165, 1.54) is 19.5 Å². The van der Waals surface area contributed by atoms with Crippen molar-refractivity contribution >= 4 is 29.1 Å². The Balaban J connectivity index is 2.22. The Morgan fingerprint density at radius 1 is 1.24 bits per heavy atom. The van der Waals surface area contributed by atoms with Crippen LogP contribution in [0.15, 0.2) is 48.7 Å². The van der Waals surface area contributed by atoms with Crippen LogP contribution in [0, 0.1) is 6.92 Å². The van der Waals surface area contributed by atoms with E-state index in [9.17, 15) is 9.59 Å². The number of rotatable bonds is 3. The Morgan fingerprint density at radius 2 is 1.90 bits per heavy atom. The smallest absolute Gasteiger partial charge is 0.476 e. The molecule has 1 aliphatic rings. The van der Waals surface area contributed by atoms with E-state index in [2.05, 4.69) is 21.3 Å². The fraction of sp³-hybridized carbons (Fsp3) is 0.238. The number of nitrogens with zero attached hydrogens (tertiary/aromatic N) is 2. The Hall–Kier alpha value is -3.19. The number of hydrogen-bond donors (Lipinski definition) is 0. The van der Waals surface area contributed by atoms with Gasteiger partial charge in [0.15, 0.2) is 22.9 Å². The Morgan fingerprint density at radius 3 is 2.52 bits per heavy atom. The molecule has 0 saturated carbocycles. The number of hydrogen-bond acceptors (Lipinski definition) is 7. The van der Waals surface area contributed by atoms with E-state index in [1.807, 2.05) is 19.1 Å². The van der Waals surface area contributed by atoms with Gasteiger partial charge in [0.05, 0.1) is 17.7 Å². The predicted octanol–water partition coefficient (Wildman–Crippen LogP) is 4.49. The molecule has 0 spiro atoms. The molecule has 2 aromatic rings. The van der Waals surface area contributed by atoms with Crippen molar-refractivity contribution in [2.75, 3.05) is 7.11 Å². The van der Waals surface area contributed by atoms with Crippen molar-refractivity contribution in [3.63, 3.8) is 0 Å². The predicted molar refractivity (Wildman–Crippen MR) is 107 cm³/mol. The van der Waals surface area contributed by atoms with E-state index in [1.54, 1.807) is 19.9 Å². The first kappa shape index (κ1) is 20.5. The summed E-state index contributed by atoms with van der Waals surface area (Å²) >= 11 is 5.86. The first-order valence-electron chi connectivity index (χ1n) is 8.66. The van der Waals surface area contributed by atoms with Crippen molar-refractivity contribution in [2.24, 2.45) is 0 Å². The zero-order valence-corrected chi connectivity index (χ0v) is 17.2. The minimum atomic E-state index is -1.19. The lowest BCUT2D eigenvalue weighted by Crippen LogP contribution is -2.40. The summed E-state index contributed by atoms with van der Waals surface area (Å²) in [6, 6.07) is 5.40. The number of ketones is 1. The van der Waals surface area contributed by atoms with Crippen LogP contribution in [0.1, 0.15) is 25.0 Å². The molecule has 0 aliphatic carbocycles. The largest absolute Gasteiger partial charge is 0.513 e. The Bertz CT molecular complexity index is 1040. The summed E-state index contributed by atoms with van der Waals surface area (Å²) < 4.78 is 15.4. The van der Waals surface area contributed by atoms with E-state index in [0.717, 1.165) is 5.56 Å². The number of aromatic nitrogens is 2. The Kier molecular flexibility index (Phi) is 5.44. The van der Waals surface area contributed by atoms with Gasteiger partial charge in [-0.15, -0.1) is 0 Å². The van der Waals surface area contributed by atoms with Crippen LogP contribution in [0.4, 0.5) is 4.79 Å². The molecular formula is C21H19ClN2O5. The summed E-state index contributed by atoms with van der Waals surface area (Å²) in [4.78, 5) is 33.4. The highest BCUT2D eigenvalue weighted by molar-refractivity contribution is 6.30. The molecule has 1 aromatic heterocycles. The van der Waals surface area contributed by atoms with Gasteiger partial charge >= 0.3 is 6.16 Å². The summed E-state index contributed by atoms with van der Waals surface area (Å²) in [5.41, 5.74) is 0.971. The number of carbonyl (C=O) groups excluding carboxylic acids is 2. The molecule has 0 saturated heterocycles. The molecule has 0 unspecified atom stereocenters. The van der Waals surface area contributed by atoms with Gasteiger partial charge in [-0.2, -0.15) is 0 Å².